The maximum Gasteiger partial charge on any atom is 0.228 e. The zero-order valence-electron chi connectivity index (χ0n) is 14.2. The highest BCUT2D eigenvalue weighted by Gasteiger charge is 2.45. The van der Waals surface area contributed by atoms with E-state index in [0.29, 0.717) is 0 Å². The Morgan fingerprint density at radius 1 is 1.27 bits per heavy atom. The number of nitrogens with one attached hydrogen (secondary N) is 1. The van der Waals surface area contributed by atoms with Gasteiger partial charge in [-0.2, -0.15) is 0 Å². The normalized spacial score (nSPS) is 22.5. The van der Waals surface area contributed by atoms with Crippen LogP contribution in [0.5, 0.6) is 0 Å². The van der Waals surface area contributed by atoms with Crippen molar-refractivity contribution in [3.8, 4) is 0 Å². The summed E-state index contributed by atoms with van der Waals surface area (Å²) in [6.07, 6.45) is 2.51. The molecule has 2 aromatic heterocycles. The number of morpholine rings is 1. The molecule has 2 atom stereocenters. The van der Waals surface area contributed by atoms with Crippen molar-refractivity contribution in [3.63, 3.8) is 0 Å². The fourth-order valence-corrected chi connectivity index (χ4v) is 4.47. The number of carbonyl (C=O) groups excluding carboxylic acids is 1. The summed E-state index contributed by atoms with van der Waals surface area (Å²) >= 11 is 1.66. The molecule has 3 aromatic rings. The Labute approximate surface area is 154 Å². The van der Waals surface area contributed by atoms with Crippen LogP contribution in [0.25, 0.3) is 10.2 Å². The molecule has 1 saturated carbocycles. The summed E-state index contributed by atoms with van der Waals surface area (Å²) < 4.78 is 11.9. The number of carbonyl (C=O) groups is 1. The molecule has 7 heteroatoms. The lowest BCUT2D eigenvalue weighted by molar-refractivity contribution is -0.117. The largest absolute Gasteiger partial charge is 0.469 e. The summed E-state index contributed by atoms with van der Waals surface area (Å²) in [5, 5.41) is 4.06. The van der Waals surface area contributed by atoms with E-state index in [1.165, 1.54) is 0 Å². The van der Waals surface area contributed by atoms with Gasteiger partial charge in [0.2, 0.25) is 5.91 Å². The van der Waals surface area contributed by atoms with Crippen LogP contribution in [0.15, 0.2) is 41.0 Å². The number of thiazole rings is 1. The number of nitrogens with zero attached hydrogens (tertiary/aromatic N) is 2. The average molecular weight is 369 g/mol. The van der Waals surface area contributed by atoms with E-state index in [1.54, 1.807) is 17.6 Å². The molecule has 3 heterocycles. The molecule has 0 unspecified atom stereocenters. The molecular formula is C19H19N3O3S. The lowest BCUT2D eigenvalue weighted by Gasteiger charge is -2.25. The van der Waals surface area contributed by atoms with Crippen molar-refractivity contribution in [2.24, 2.45) is 5.92 Å². The summed E-state index contributed by atoms with van der Waals surface area (Å²) in [5.74, 6) is 1.18. The summed E-state index contributed by atoms with van der Waals surface area (Å²) in [4.78, 5) is 19.5. The van der Waals surface area contributed by atoms with Gasteiger partial charge in [0, 0.05) is 30.6 Å². The van der Waals surface area contributed by atoms with Crippen LogP contribution < -0.4 is 10.2 Å². The second-order valence-electron chi connectivity index (χ2n) is 6.73. The van der Waals surface area contributed by atoms with Crippen LogP contribution in [0.1, 0.15) is 18.1 Å². The molecule has 2 aliphatic rings. The monoisotopic (exact) mass is 369 g/mol. The van der Waals surface area contributed by atoms with Crippen LogP contribution in [0.2, 0.25) is 0 Å². The molecule has 0 bridgehead atoms. The van der Waals surface area contributed by atoms with Gasteiger partial charge in [-0.05, 0) is 36.8 Å². The maximum atomic E-state index is 12.5. The van der Waals surface area contributed by atoms with Crippen LogP contribution in [0.3, 0.4) is 0 Å². The predicted octanol–water partition coefficient (Wildman–Crippen LogP) is 3.47. The van der Waals surface area contributed by atoms with Crippen LogP contribution in [0, 0.1) is 5.92 Å². The van der Waals surface area contributed by atoms with Gasteiger partial charge in [-0.25, -0.2) is 4.98 Å². The number of furan rings is 1. The number of rotatable bonds is 4. The van der Waals surface area contributed by atoms with Gasteiger partial charge in [0.15, 0.2) is 5.13 Å². The van der Waals surface area contributed by atoms with Gasteiger partial charge in [0.1, 0.15) is 5.76 Å². The fourth-order valence-electron chi connectivity index (χ4n) is 3.42. The van der Waals surface area contributed by atoms with Gasteiger partial charge < -0.3 is 19.4 Å². The number of amides is 1. The zero-order chi connectivity index (χ0) is 17.5. The van der Waals surface area contributed by atoms with E-state index in [2.05, 4.69) is 10.2 Å². The number of ether oxygens (including phenoxy) is 1. The first-order chi connectivity index (χ1) is 12.8. The Hall–Kier alpha value is -2.38. The Bertz CT molecular complexity index is 931. The second-order valence-corrected chi connectivity index (χ2v) is 7.74. The third kappa shape index (κ3) is 2.97. The molecule has 5 rings (SSSR count). The van der Waals surface area contributed by atoms with E-state index in [4.69, 9.17) is 14.1 Å². The maximum absolute atomic E-state index is 12.5. The molecular weight excluding hydrogens is 350 g/mol. The molecule has 26 heavy (non-hydrogen) atoms. The number of fused-ring (bicyclic) bond motifs is 1. The Balaban J connectivity index is 1.29. The smallest absolute Gasteiger partial charge is 0.228 e. The van der Waals surface area contributed by atoms with Gasteiger partial charge in [-0.15, -0.1) is 0 Å². The summed E-state index contributed by atoms with van der Waals surface area (Å²) in [6, 6.07) is 9.72. The van der Waals surface area contributed by atoms with E-state index in [1.807, 2.05) is 30.3 Å². The number of hydrogen-bond donors (Lipinski definition) is 1. The summed E-state index contributed by atoms with van der Waals surface area (Å²) in [5.41, 5.74) is 1.79. The van der Waals surface area contributed by atoms with E-state index in [-0.39, 0.29) is 17.7 Å². The number of aromatic nitrogens is 1. The standard InChI is InChI=1S/C19H19N3O3S/c23-18(14-11-13(14)16-2-1-7-25-16)20-12-3-4-15-17(10-12)26-19(21-15)22-5-8-24-9-6-22/h1-4,7,10,13-14H,5-6,8-9,11H2,(H,20,23)/t13-,14-/m1/s1. The molecule has 0 radical (unpaired) electrons. The molecule has 2 fully saturated rings. The quantitative estimate of drug-likeness (QED) is 0.763. The van der Waals surface area contributed by atoms with Crippen LogP contribution in [-0.2, 0) is 9.53 Å². The second kappa shape index (κ2) is 6.41. The Morgan fingerprint density at radius 2 is 2.15 bits per heavy atom. The molecule has 1 amide bonds. The topological polar surface area (TPSA) is 67.6 Å². The van der Waals surface area contributed by atoms with Gasteiger partial charge in [-0.3, -0.25) is 4.79 Å². The fraction of sp³-hybridized carbons (Fsp3) is 0.368. The van der Waals surface area contributed by atoms with Crippen LogP contribution in [-0.4, -0.2) is 37.2 Å². The number of benzene rings is 1. The molecule has 1 aliphatic heterocycles. The van der Waals surface area contributed by atoms with Crippen molar-refractivity contribution in [3.05, 3.63) is 42.4 Å². The highest BCUT2D eigenvalue weighted by Crippen LogP contribution is 2.48. The van der Waals surface area contributed by atoms with Crippen molar-refractivity contribution in [1.82, 2.24) is 4.98 Å². The lowest BCUT2D eigenvalue weighted by atomic mass is 10.2. The predicted molar refractivity (Wildman–Crippen MR) is 101 cm³/mol. The first-order valence-corrected chi connectivity index (χ1v) is 9.67. The van der Waals surface area contributed by atoms with Gasteiger partial charge >= 0.3 is 0 Å². The van der Waals surface area contributed by atoms with E-state index >= 15 is 0 Å². The van der Waals surface area contributed by atoms with E-state index in [9.17, 15) is 4.79 Å². The number of hydrogen-bond acceptors (Lipinski definition) is 6. The molecule has 1 aliphatic carbocycles. The number of anilines is 2. The minimum atomic E-state index is 0.00205. The molecule has 1 N–H and O–H groups in total. The van der Waals surface area contributed by atoms with Crippen molar-refractivity contribution < 1.29 is 13.9 Å². The molecule has 0 spiro atoms. The van der Waals surface area contributed by atoms with E-state index in [0.717, 1.165) is 59.5 Å². The molecule has 134 valence electrons. The molecule has 6 nitrogen and oxygen atoms in total. The first-order valence-electron chi connectivity index (χ1n) is 8.85. The highest BCUT2D eigenvalue weighted by atomic mass is 32.1. The zero-order valence-corrected chi connectivity index (χ0v) is 15.0. The van der Waals surface area contributed by atoms with Crippen molar-refractivity contribution in [2.75, 3.05) is 36.5 Å². The average Bonchev–Trinajstić information content (AvgIpc) is 3.09. The van der Waals surface area contributed by atoms with Gasteiger partial charge in [0.25, 0.3) is 0 Å². The van der Waals surface area contributed by atoms with Gasteiger partial charge in [0.05, 0.1) is 29.7 Å². The molecule has 1 aromatic carbocycles. The minimum Gasteiger partial charge on any atom is -0.469 e. The van der Waals surface area contributed by atoms with Crippen molar-refractivity contribution in [2.45, 2.75) is 12.3 Å². The highest BCUT2D eigenvalue weighted by molar-refractivity contribution is 7.22. The SMILES string of the molecule is O=C(Nc1ccc2nc(N3CCOCC3)sc2c1)[C@@H]1C[C@H]1c1ccco1. The minimum absolute atomic E-state index is 0.00205. The Morgan fingerprint density at radius 3 is 2.96 bits per heavy atom. The lowest BCUT2D eigenvalue weighted by Crippen LogP contribution is -2.36. The summed E-state index contributed by atoms with van der Waals surface area (Å²) in [7, 11) is 0. The van der Waals surface area contributed by atoms with Crippen molar-refractivity contribution in [1.29, 1.82) is 0 Å². The first kappa shape index (κ1) is 15.8. The molecule has 1 saturated heterocycles. The van der Waals surface area contributed by atoms with Crippen molar-refractivity contribution >= 4 is 38.3 Å². The third-order valence-electron chi connectivity index (χ3n) is 4.96. The Kier molecular flexibility index (Phi) is 3.90. The third-order valence-corrected chi connectivity index (χ3v) is 6.04. The van der Waals surface area contributed by atoms with Crippen LogP contribution in [0.4, 0.5) is 10.8 Å². The summed E-state index contributed by atoms with van der Waals surface area (Å²) in [6.45, 7) is 3.24. The van der Waals surface area contributed by atoms with E-state index < -0.39 is 0 Å². The van der Waals surface area contributed by atoms with Crippen LogP contribution >= 0.6 is 11.3 Å². The van der Waals surface area contributed by atoms with Gasteiger partial charge in [-0.1, -0.05) is 11.3 Å².